The highest BCUT2D eigenvalue weighted by atomic mass is 35.5. The zero-order valence-electron chi connectivity index (χ0n) is 14.6. The molecular weight excluding hydrogens is 377 g/mol. The normalized spacial score (nSPS) is 23.0. The van der Waals surface area contributed by atoms with Crippen LogP contribution in [0.4, 0.5) is 10.1 Å². The molecule has 2 saturated heterocycles. The van der Waals surface area contributed by atoms with E-state index in [1.54, 1.807) is 9.47 Å². The van der Waals surface area contributed by atoms with Gasteiger partial charge >= 0.3 is 5.97 Å². The molecule has 7 nitrogen and oxygen atoms in total. The summed E-state index contributed by atoms with van der Waals surface area (Å²) in [4.78, 5) is 25.9. The summed E-state index contributed by atoms with van der Waals surface area (Å²) >= 11 is 6.59. The number of pyridine rings is 1. The van der Waals surface area contributed by atoms with Crippen molar-refractivity contribution >= 4 is 34.2 Å². The van der Waals surface area contributed by atoms with Crippen LogP contribution in [0.5, 0.6) is 0 Å². The Bertz CT molecular complexity index is 994. The van der Waals surface area contributed by atoms with Crippen LogP contribution in [0.2, 0.25) is 5.02 Å². The SMILES string of the molecule is C[C@@H]1CN(c2c(F)cc3c(=O)c(C(=O)O)cn(C4COC4)c3c2Cl)C[C@@H]1N. The summed E-state index contributed by atoms with van der Waals surface area (Å²) in [7, 11) is 0. The molecule has 2 aliphatic heterocycles. The van der Waals surface area contributed by atoms with Gasteiger partial charge in [0.25, 0.3) is 0 Å². The summed E-state index contributed by atoms with van der Waals surface area (Å²) in [6.07, 6.45) is 1.27. The largest absolute Gasteiger partial charge is 0.477 e. The lowest BCUT2D eigenvalue weighted by atomic mass is 10.1. The smallest absolute Gasteiger partial charge is 0.341 e. The number of rotatable bonds is 3. The first-order chi connectivity index (χ1) is 12.8. The average Bonchev–Trinajstić information content (AvgIpc) is 2.86. The van der Waals surface area contributed by atoms with E-state index < -0.39 is 22.8 Å². The number of benzene rings is 1. The predicted octanol–water partition coefficient (Wildman–Crippen LogP) is 1.85. The standard InChI is InChI=1S/C18H19ClFN3O4/c1-8-3-22(5-13(8)21)16-12(20)2-10-15(14(16)19)23(9-6-27-7-9)4-11(17(10)24)18(25)26/h2,4,8-9,13H,3,5-7,21H2,1H3,(H,25,26)/t8-,13+/m1/s1. The van der Waals surface area contributed by atoms with Gasteiger partial charge in [0.2, 0.25) is 5.43 Å². The number of nitrogens with two attached hydrogens (primary N) is 1. The first-order valence-electron chi connectivity index (χ1n) is 8.68. The van der Waals surface area contributed by atoms with Gasteiger partial charge in [-0.05, 0) is 12.0 Å². The zero-order chi connectivity index (χ0) is 19.5. The Kier molecular flexibility index (Phi) is 4.37. The molecule has 3 N–H and O–H groups in total. The molecule has 4 rings (SSSR count). The van der Waals surface area contributed by atoms with E-state index in [0.29, 0.717) is 31.8 Å². The number of halogens is 2. The number of anilines is 1. The van der Waals surface area contributed by atoms with Gasteiger partial charge in [0.05, 0.1) is 40.9 Å². The van der Waals surface area contributed by atoms with Gasteiger partial charge in [0.1, 0.15) is 11.4 Å². The Morgan fingerprint density at radius 1 is 1.41 bits per heavy atom. The number of aromatic carboxylic acids is 1. The predicted molar refractivity (Wildman–Crippen MR) is 99.3 cm³/mol. The van der Waals surface area contributed by atoms with Crippen molar-refractivity contribution in [2.75, 3.05) is 31.2 Å². The van der Waals surface area contributed by atoms with Crippen molar-refractivity contribution in [1.29, 1.82) is 0 Å². The first kappa shape index (κ1) is 18.2. The molecule has 9 heteroatoms. The van der Waals surface area contributed by atoms with Crippen LogP contribution >= 0.6 is 11.6 Å². The second kappa shape index (κ2) is 6.47. The van der Waals surface area contributed by atoms with Gasteiger partial charge < -0.3 is 25.0 Å². The van der Waals surface area contributed by atoms with E-state index in [9.17, 15) is 19.1 Å². The summed E-state index contributed by atoms with van der Waals surface area (Å²) in [6.45, 7) is 3.72. The average molecular weight is 396 g/mol. The topological polar surface area (TPSA) is 97.8 Å². The van der Waals surface area contributed by atoms with E-state index in [4.69, 9.17) is 22.1 Å². The Hall–Kier alpha value is -2.16. The number of ether oxygens (including phenoxy) is 1. The molecule has 2 fully saturated rings. The van der Waals surface area contributed by atoms with E-state index in [2.05, 4.69) is 0 Å². The summed E-state index contributed by atoms with van der Waals surface area (Å²) in [5, 5.41) is 9.39. The van der Waals surface area contributed by atoms with Gasteiger partial charge in [0.15, 0.2) is 0 Å². The van der Waals surface area contributed by atoms with Crippen LogP contribution in [-0.2, 0) is 4.74 Å². The second-order valence-electron chi connectivity index (χ2n) is 7.24. The van der Waals surface area contributed by atoms with Crippen LogP contribution < -0.4 is 16.1 Å². The highest BCUT2D eigenvalue weighted by Crippen LogP contribution is 2.39. The summed E-state index contributed by atoms with van der Waals surface area (Å²) < 4.78 is 21.8. The molecule has 0 aliphatic carbocycles. The molecule has 0 amide bonds. The van der Waals surface area contributed by atoms with Crippen molar-refractivity contribution in [2.45, 2.75) is 19.0 Å². The molecule has 3 heterocycles. The summed E-state index contributed by atoms with van der Waals surface area (Å²) in [6, 6.07) is 0.810. The highest BCUT2D eigenvalue weighted by Gasteiger charge is 2.33. The summed E-state index contributed by atoms with van der Waals surface area (Å²) in [5.74, 6) is -1.85. The number of nitrogens with zero attached hydrogens (tertiary/aromatic N) is 2. The van der Waals surface area contributed by atoms with Crippen LogP contribution in [0.25, 0.3) is 10.9 Å². The molecule has 2 atom stereocenters. The highest BCUT2D eigenvalue weighted by molar-refractivity contribution is 6.38. The molecule has 0 unspecified atom stereocenters. The lowest BCUT2D eigenvalue weighted by Gasteiger charge is -2.31. The van der Waals surface area contributed by atoms with Crippen LogP contribution in [0, 0.1) is 11.7 Å². The maximum Gasteiger partial charge on any atom is 0.341 e. The third-order valence-corrected chi connectivity index (χ3v) is 5.77. The number of carboxylic acid groups (broad SMARTS) is 1. The number of carbonyl (C=O) groups is 1. The van der Waals surface area contributed by atoms with Crippen molar-refractivity contribution in [2.24, 2.45) is 11.7 Å². The fourth-order valence-electron chi connectivity index (χ4n) is 3.72. The van der Waals surface area contributed by atoms with Crippen molar-refractivity contribution in [3.63, 3.8) is 0 Å². The maximum absolute atomic E-state index is 14.9. The maximum atomic E-state index is 14.9. The molecule has 0 spiro atoms. The first-order valence-corrected chi connectivity index (χ1v) is 9.05. The van der Waals surface area contributed by atoms with Gasteiger partial charge in [-0.1, -0.05) is 18.5 Å². The van der Waals surface area contributed by atoms with E-state index in [1.165, 1.54) is 6.20 Å². The number of carboxylic acids is 1. The molecule has 27 heavy (non-hydrogen) atoms. The lowest BCUT2D eigenvalue weighted by Crippen LogP contribution is -2.33. The third kappa shape index (κ3) is 2.79. The van der Waals surface area contributed by atoms with Crippen LogP contribution in [0.1, 0.15) is 23.3 Å². The van der Waals surface area contributed by atoms with E-state index in [0.717, 1.165) is 6.07 Å². The van der Waals surface area contributed by atoms with E-state index in [1.807, 2.05) is 6.92 Å². The molecule has 2 aliphatic rings. The van der Waals surface area contributed by atoms with Crippen LogP contribution in [-0.4, -0.2) is 48.0 Å². The molecule has 1 aromatic heterocycles. The molecule has 0 radical (unpaired) electrons. The molecular formula is C18H19ClFN3O4. The quantitative estimate of drug-likeness (QED) is 0.823. The lowest BCUT2D eigenvalue weighted by molar-refractivity contribution is -0.0217. The van der Waals surface area contributed by atoms with Gasteiger partial charge in [-0.2, -0.15) is 0 Å². The van der Waals surface area contributed by atoms with Crippen molar-refractivity contribution < 1.29 is 19.0 Å². The number of hydrogen-bond acceptors (Lipinski definition) is 5. The van der Waals surface area contributed by atoms with Gasteiger partial charge in [-0.25, -0.2) is 9.18 Å². The number of hydrogen-bond donors (Lipinski definition) is 2. The fourth-order valence-corrected chi connectivity index (χ4v) is 4.13. The minimum Gasteiger partial charge on any atom is -0.477 e. The van der Waals surface area contributed by atoms with Crippen molar-refractivity contribution in [3.8, 4) is 0 Å². The minimum absolute atomic E-state index is 0.0513. The molecule has 1 aromatic carbocycles. The van der Waals surface area contributed by atoms with Crippen molar-refractivity contribution in [1.82, 2.24) is 4.57 Å². The van der Waals surface area contributed by atoms with E-state index in [-0.39, 0.29) is 34.1 Å². The van der Waals surface area contributed by atoms with Gasteiger partial charge in [-0.3, -0.25) is 4.79 Å². The number of fused-ring (bicyclic) bond motifs is 1. The minimum atomic E-state index is -1.36. The van der Waals surface area contributed by atoms with Crippen LogP contribution in [0.3, 0.4) is 0 Å². The Balaban J connectivity index is 2.00. The molecule has 2 aromatic rings. The zero-order valence-corrected chi connectivity index (χ0v) is 15.4. The van der Waals surface area contributed by atoms with Crippen LogP contribution in [0.15, 0.2) is 17.1 Å². The summed E-state index contributed by atoms with van der Waals surface area (Å²) in [5.41, 5.74) is 5.40. The third-order valence-electron chi connectivity index (χ3n) is 5.41. The Morgan fingerprint density at radius 2 is 2.11 bits per heavy atom. The Morgan fingerprint density at radius 3 is 2.63 bits per heavy atom. The van der Waals surface area contributed by atoms with Gasteiger partial charge in [-0.15, -0.1) is 0 Å². The fraction of sp³-hybridized carbons (Fsp3) is 0.444. The molecule has 0 saturated carbocycles. The molecule has 0 bridgehead atoms. The second-order valence-corrected chi connectivity index (χ2v) is 7.62. The van der Waals surface area contributed by atoms with Crippen molar-refractivity contribution in [3.05, 3.63) is 38.9 Å². The van der Waals surface area contributed by atoms with Gasteiger partial charge in [0, 0.05) is 25.3 Å². The molecule has 144 valence electrons. The number of aromatic nitrogens is 1. The Labute approximate surface area is 159 Å². The van der Waals surface area contributed by atoms with E-state index >= 15 is 0 Å². The monoisotopic (exact) mass is 395 g/mol.